The molecule has 0 unspecified atom stereocenters. The van der Waals surface area contributed by atoms with E-state index in [9.17, 15) is 0 Å². The van der Waals surface area contributed by atoms with Crippen LogP contribution in [0.1, 0.15) is 0 Å². The van der Waals surface area contributed by atoms with Crippen LogP contribution in [0.15, 0.2) is 170 Å². The molecule has 0 bridgehead atoms. The van der Waals surface area contributed by atoms with Crippen LogP contribution >= 0.6 is 22.7 Å². The Labute approximate surface area is 296 Å². The lowest BCUT2D eigenvalue weighted by atomic mass is 10.0. The van der Waals surface area contributed by atoms with Crippen molar-refractivity contribution in [2.75, 3.05) is 4.90 Å². The highest BCUT2D eigenvalue weighted by Crippen LogP contribution is 2.48. The molecule has 3 heterocycles. The van der Waals surface area contributed by atoms with E-state index in [1.165, 1.54) is 78.6 Å². The lowest BCUT2D eigenvalue weighted by Gasteiger charge is -2.28. The first kappa shape index (κ1) is 28.0. The van der Waals surface area contributed by atoms with Gasteiger partial charge >= 0.3 is 0 Å². The number of benzene rings is 8. The zero-order chi connectivity index (χ0) is 32.8. The standard InChI is InChI=1S/C46H28N2S2/c1-2-12-29(13-3-1)47-39-18-7-4-16-36(39)45-40(47)20-11-21-41(45)48(30-24-27-44-37(28-30)33-15-6-8-22-42(33)49-44)38-19-10-17-34-31(38)25-26-35-32-14-5-9-23-43(32)50-46(34)35/h1-28H. The summed E-state index contributed by atoms with van der Waals surface area (Å²) in [5.74, 6) is 0. The summed E-state index contributed by atoms with van der Waals surface area (Å²) in [5.41, 5.74) is 7.03. The zero-order valence-corrected chi connectivity index (χ0v) is 28.5. The Morgan fingerprint density at radius 3 is 1.84 bits per heavy atom. The molecule has 11 aromatic rings. The first-order valence-corrected chi connectivity index (χ1v) is 18.6. The van der Waals surface area contributed by atoms with Crippen LogP contribution in [0.3, 0.4) is 0 Å². The summed E-state index contributed by atoms with van der Waals surface area (Å²) < 4.78 is 7.69. The summed E-state index contributed by atoms with van der Waals surface area (Å²) in [5, 5.41) is 10.2. The fourth-order valence-corrected chi connectivity index (χ4v) is 10.3. The molecule has 0 aliphatic rings. The number of hydrogen-bond acceptors (Lipinski definition) is 3. The minimum Gasteiger partial charge on any atom is -0.309 e. The number of anilines is 3. The van der Waals surface area contributed by atoms with Gasteiger partial charge in [0.05, 0.1) is 22.4 Å². The van der Waals surface area contributed by atoms with Crippen LogP contribution in [-0.2, 0) is 0 Å². The summed E-state index contributed by atoms with van der Waals surface area (Å²) in [4.78, 5) is 2.51. The molecular formula is C46H28N2S2. The molecule has 234 valence electrons. The van der Waals surface area contributed by atoms with Crippen molar-refractivity contribution in [2.45, 2.75) is 0 Å². The second kappa shape index (κ2) is 10.8. The molecule has 2 nitrogen and oxygen atoms in total. The molecule has 0 N–H and O–H groups in total. The third kappa shape index (κ3) is 4.01. The molecule has 0 aliphatic carbocycles. The molecule has 4 heteroatoms. The zero-order valence-electron chi connectivity index (χ0n) is 26.9. The van der Waals surface area contributed by atoms with Gasteiger partial charge in [0.15, 0.2) is 0 Å². The van der Waals surface area contributed by atoms with E-state index in [1.54, 1.807) is 0 Å². The van der Waals surface area contributed by atoms with Crippen LogP contribution in [-0.4, -0.2) is 4.57 Å². The Kier molecular flexibility index (Phi) is 6.03. The van der Waals surface area contributed by atoms with Crippen molar-refractivity contribution in [1.82, 2.24) is 4.57 Å². The smallest absolute Gasteiger partial charge is 0.0562 e. The highest BCUT2D eigenvalue weighted by atomic mass is 32.1. The topological polar surface area (TPSA) is 8.17 Å². The molecule has 0 fully saturated rings. The molecule has 0 aliphatic heterocycles. The van der Waals surface area contributed by atoms with Gasteiger partial charge in [-0.15, -0.1) is 22.7 Å². The second-order valence-corrected chi connectivity index (χ2v) is 15.0. The number of rotatable bonds is 4. The third-order valence-corrected chi connectivity index (χ3v) is 12.5. The van der Waals surface area contributed by atoms with Crippen LogP contribution < -0.4 is 4.90 Å². The molecule has 11 rings (SSSR count). The Morgan fingerprint density at radius 2 is 0.980 bits per heavy atom. The highest BCUT2D eigenvalue weighted by Gasteiger charge is 2.23. The van der Waals surface area contributed by atoms with E-state index in [4.69, 9.17) is 0 Å². The first-order valence-electron chi connectivity index (χ1n) is 16.9. The van der Waals surface area contributed by atoms with Crippen molar-refractivity contribution >= 4 is 113 Å². The highest BCUT2D eigenvalue weighted by molar-refractivity contribution is 7.26. The van der Waals surface area contributed by atoms with Gasteiger partial charge in [-0.25, -0.2) is 0 Å². The number of hydrogen-bond donors (Lipinski definition) is 0. The Balaban J connectivity index is 1.26. The van der Waals surface area contributed by atoms with E-state index >= 15 is 0 Å². The SMILES string of the molecule is c1ccc(-n2c3ccccc3c3c(N(c4ccc5sc6ccccc6c5c4)c4cccc5c4ccc4c6ccccc6sc54)cccc32)cc1. The van der Waals surface area contributed by atoms with E-state index in [-0.39, 0.29) is 0 Å². The van der Waals surface area contributed by atoms with E-state index in [2.05, 4.69) is 179 Å². The minimum atomic E-state index is 1.15. The molecular weight excluding hydrogens is 645 g/mol. The van der Waals surface area contributed by atoms with E-state index in [1.807, 2.05) is 22.7 Å². The van der Waals surface area contributed by atoms with Gasteiger partial charge in [-0.1, -0.05) is 103 Å². The monoisotopic (exact) mass is 672 g/mol. The molecule has 3 aromatic heterocycles. The first-order chi connectivity index (χ1) is 24.8. The van der Waals surface area contributed by atoms with Gasteiger partial charge in [-0.2, -0.15) is 0 Å². The molecule has 0 saturated carbocycles. The van der Waals surface area contributed by atoms with Crippen molar-refractivity contribution < 1.29 is 0 Å². The fourth-order valence-electron chi connectivity index (χ4n) is 8.02. The summed E-state index contributed by atoms with van der Waals surface area (Å²) in [6, 6.07) is 62.4. The lowest BCUT2D eigenvalue weighted by molar-refractivity contribution is 1.18. The quantitative estimate of drug-likeness (QED) is 0.181. The summed E-state index contributed by atoms with van der Waals surface area (Å²) in [6.45, 7) is 0. The summed E-state index contributed by atoms with van der Waals surface area (Å²) >= 11 is 3.76. The maximum Gasteiger partial charge on any atom is 0.0562 e. The van der Waals surface area contributed by atoms with Gasteiger partial charge in [-0.05, 0) is 66.7 Å². The largest absolute Gasteiger partial charge is 0.309 e. The van der Waals surface area contributed by atoms with Crippen LogP contribution in [0.25, 0.3) is 78.6 Å². The molecule has 0 amide bonds. The number of thiophene rings is 2. The Bertz CT molecular complexity index is 3110. The van der Waals surface area contributed by atoms with E-state index < -0.39 is 0 Å². The van der Waals surface area contributed by atoms with Gasteiger partial charge in [0, 0.05) is 73.3 Å². The normalized spacial score (nSPS) is 12.0. The Hall–Kier alpha value is -5.94. The number of para-hydroxylation sites is 2. The maximum atomic E-state index is 2.51. The number of fused-ring (bicyclic) bond motifs is 11. The lowest BCUT2D eigenvalue weighted by Crippen LogP contribution is -2.11. The van der Waals surface area contributed by atoms with Crippen molar-refractivity contribution in [3.05, 3.63) is 170 Å². The fraction of sp³-hybridized carbons (Fsp3) is 0. The summed E-state index contributed by atoms with van der Waals surface area (Å²) in [7, 11) is 0. The van der Waals surface area contributed by atoms with E-state index in [0.717, 1.165) is 17.1 Å². The van der Waals surface area contributed by atoms with Crippen LogP contribution in [0.4, 0.5) is 17.1 Å². The minimum absolute atomic E-state index is 1.15. The van der Waals surface area contributed by atoms with Crippen molar-refractivity contribution in [3.8, 4) is 5.69 Å². The average Bonchev–Trinajstić information content (AvgIpc) is 3.85. The van der Waals surface area contributed by atoms with E-state index in [0.29, 0.717) is 0 Å². The van der Waals surface area contributed by atoms with Crippen LogP contribution in [0.5, 0.6) is 0 Å². The second-order valence-electron chi connectivity index (χ2n) is 12.9. The van der Waals surface area contributed by atoms with Crippen LogP contribution in [0.2, 0.25) is 0 Å². The molecule has 8 aromatic carbocycles. The maximum absolute atomic E-state index is 2.51. The van der Waals surface area contributed by atoms with Gasteiger partial charge in [0.2, 0.25) is 0 Å². The Morgan fingerprint density at radius 1 is 0.380 bits per heavy atom. The van der Waals surface area contributed by atoms with Crippen molar-refractivity contribution in [1.29, 1.82) is 0 Å². The predicted octanol–water partition coefficient (Wildman–Crippen LogP) is 14.1. The third-order valence-electron chi connectivity index (χ3n) is 10.2. The molecule has 0 saturated heterocycles. The molecule has 0 spiro atoms. The number of aromatic nitrogens is 1. The van der Waals surface area contributed by atoms with Gasteiger partial charge in [-0.3, -0.25) is 0 Å². The predicted molar refractivity (Wildman–Crippen MR) is 219 cm³/mol. The average molecular weight is 673 g/mol. The molecule has 50 heavy (non-hydrogen) atoms. The molecule has 0 radical (unpaired) electrons. The van der Waals surface area contributed by atoms with Crippen LogP contribution in [0, 0.1) is 0 Å². The van der Waals surface area contributed by atoms with Gasteiger partial charge < -0.3 is 9.47 Å². The number of nitrogens with zero attached hydrogens (tertiary/aromatic N) is 2. The van der Waals surface area contributed by atoms with Gasteiger partial charge in [0.25, 0.3) is 0 Å². The van der Waals surface area contributed by atoms with Gasteiger partial charge in [0.1, 0.15) is 0 Å². The molecule has 0 atom stereocenters. The van der Waals surface area contributed by atoms with Crippen molar-refractivity contribution in [2.24, 2.45) is 0 Å². The van der Waals surface area contributed by atoms with Crippen molar-refractivity contribution in [3.63, 3.8) is 0 Å². The summed E-state index contributed by atoms with van der Waals surface area (Å²) in [6.07, 6.45) is 0.